The van der Waals surface area contributed by atoms with Crippen molar-refractivity contribution in [2.24, 2.45) is 0 Å². The molecule has 10 heteroatoms. The summed E-state index contributed by atoms with van der Waals surface area (Å²) in [5.41, 5.74) is -0.233. The number of hydrogen-bond acceptors (Lipinski definition) is 5. The fraction of sp³-hybridized carbons (Fsp3) is 0.464. The zero-order chi connectivity index (χ0) is 28.3. The minimum atomic E-state index is -1.44. The molecular formula is C28H37ClN4O5. The number of carbonyl (C=O) groups excluding carboxylic acids is 2. The average Bonchev–Trinajstić information content (AvgIpc) is 3.12. The van der Waals surface area contributed by atoms with E-state index < -0.39 is 23.2 Å². The average molecular weight is 545 g/mol. The number of methoxy groups -OCH3 is 1. The Hall–Kier alpha value is -3.30. The first kappa shape index (κ1) is 29.3. The molecule has 38 heavy (non-hydrogen) atoms. The van der Waals surface area contributed by atoms with Gasteiger partial charge in [0.2, 0.25) is 5.91 Å². The zero-order valence-corrected chi connectivity index (χ0v) is 23.6. The Labute approximate surface area is 229 Å². The predicted molar refractivity (Wildman–Crippen MR) is 148 cm³/mol. The van der Waals surface area contributed by atoms with Crippen LogP contribution in [0.2, 0.25) is 5.02 Å². The normalized spacial score (nSPS) is 17.4. The molecule has 206 valence electrons. The molecule has 1 aliphatic rings. The number of nitrogens with zero attached hydrogens (tertiary/aromatic N) is 2. The molecule has 1 unspecified atom stereocenters. The van der Waals surface area contributed by atoms with E-state index in [4.69, 9.17) is 16.3 Å². The van der Waals surface area contributed by atoms with Crippen LogP contribution in [0.15, 0.2) is 42.5 Å². The van der Waals surface area contributed by atoms with Crippen molar-refractivity contribution in [2.45, 2.75) is 57.2 Å². The van der Waals surface area contributed by atoms with Gasteiger partial charge in [0, 0.05) is 48.0 Å². The summed E-state index contributed by atoms with van der Waals surface area (Å²) in [4.78, 5) is 41.8. The summed E-state index contributed by atoms with van der Waals surface area (Å²) < 4.78 is 5.64. The van der Waals surface area contributed by atoms with Crippen molar-refractivity contribution in [3.05, 3.63) is 58.6 Å². The number of fused-ring (bicyclic) bond motifs is 1. The van der Waals surface area contributed by atoms with E-state index in [9.17, 15) is 19.5 Å². The van der Waals surface area contributed by atoms with Crippen LogP contribution in [0.4, 0.5) is 10.5 Å². The van der Waals surface area contributed by atoms with Gasteiger partial charge in [-0.3, -0.25) is 14.9 Å². The number of likely N-dealkylation sites (N-methyl/N-ethyl adjacent to an activating group) is 1. The number of carbonyl (C=O) groups is 3. The summed E-state index contributed by atoms with van der Waals surface area (Å²) in [5.74, 6) is -0.0598. The van der Waals surface area contributed by atoms with E-state index in [1.54, 1.807) is 44.4 Å². The lowest BCUT2D eigenvalue weighted by atomic mass is 9.82. The van der Waals surface area contributed by atoms with E-state index in [2.05, 4.69) is 10.6 Å². The van der Waals surface area contributed by atoms with Crippen molar-refractivity contribution >= 4 is 35.2 Å². The Bertz CT molecular complexity index is 1200. The third kappa shape index (κ3) is 5.89. The van der Waals surface area contributed by atoms with E-state index in [1.165, 1.54) is 16.9 Å². The molecule has 0 radical (unpaired) electrons. The summed E-state index contributed by atoms with van der Waals surface area (Å²) in [5, 5.41) is 16.4. The van der Waals surface area contributed by atoms with Gasteiger partial charge in [0.15, 0.2) is 5.54 Å². The molecule has 0 saturated heterocycles. The van der Waals surface area contributed by atoms with Gasteiger partial charge in [-0.1, -0.05) is 29.8 Å². The van der Waals surface area contributed by atoms with Gasteiger partial charge >= 0.3 is 6.09 Å². The second kappa shape index (κ2) is 11.6. The van der Waals surface area contributed by atoms with Gasteiger partial charge < -0.3 is 25.0 Å². The molecule has 1 heterocycles. The lowest BCUT2D eigenvalue weighted by Gasteiger charge is -2.36. The first-order valence-electron chi connectivity index (χ1n) is 12.6. The van der Waals surface area contributed by atoms with Crippen LogP contribution in [0.1, 0.15) is 51.2 Å². The van der Waals surface area contributed by atoms with E-state index in [0.717, 1.165) is 0 Å². The fourth-order valence-electron chi connectivity index (χ4n) is 4.88. The molecule has 2 aromatic carbocycles. The molecule has 0 saturated carbocycles. The molecule has 3 N–H and O–H groups in total. The first-order chi connectivity index (χ1) is 17.8. The quantitative estimate of drug-likeness (QED) is 0.379. The molecule has 0 aromatic heterocycles. The van der Waals surface area contributed by atoms with Gasteiger partial charge in [0.1, 0.15) is 5.75 Å². The number of halogens is 1. The Balaban J connectivity index is 2.00. The number of nitrogens with one attached hydrogen (secondary N) is 2. The van der Waals surface area contributed by atoms with Gasteiger partial charge in [-0.15, -0.1) is 0 Å². The first-order valence-corrected chi connectivity index (χ1v) is 12.9. The lowest BCUT2D eigenvalue weighted by molar-refractivity contribution is -0.132. The van der Waals surface area contributed by atoms with Crippen molar-refractivity contribution in [1.82, 2.24) is 15.1 Å². The Morgan fingerprint density at radius 1 is 1.13 bits per heavy atom. The highest BCUT2D eigenvalue weighted by Gasteiger charge is 2.52. The highest BCUT2D eigenvalue weighted by atomic mass is 35.5. The predicted octanol–water partition coefficient (Wildman–Crippen LogP) is 4.54. The van der Waals surface area contributed by atoms with Crippen LogP contribution in [-0.4, -0.2) is 72.1 Å². The lowest BCUT2D eigenvalue weighted by Crippen LogP contribution is -2.57. The van der Waals surface area contributed by atoms with Gasteiger partial charge in [-0.2, -0.15) is 0 Å². The number of hydrogen-bond donors (Lipinski definition) is 3. The maximum absolute atomic E-state index is 13.8. The maximum atomic E-state index is 13.8. The van der Waals surface area contributed by atoms with Gasteiger partial charge in [0.25, 0.3) is 5.91 Å². The summed E-state index contributed by atoms with van der Waals surface area (Å²) in [6.07, 6.45) is 0.513. The minimum absolute atomic E-state index is 0.200. The third-order valence-electron chi connectivity index (χ3n) is 6.78. The zero-order valence-electron chi connectivity index (χ0n) is 22.8. The molecular weight excluding hydrogens is 508 g/mol. The molecule has 0 fully saturated rings. The molecule has 3 rings (SSSR count). The summed E-state index contributed by atoms with van der Waals surface area (Å²) >= 11 is 6.38. The van der Waals surface area contributed by atoms with Crippen LogP contribution in [0, 0.1) is 0 Å². The number of anilines is 1. The van der Waals surface area contributed by atoms with E-state index in [-0.39, 0.29) is 11.8 Å². The van der Waals surface area contributed by atoms with Crippen molar-refractivity contribution < 1.29 is 24.2 Å². The number of unbranched alkanes of at least 4 members (excludes halogenated alkanes) is 1. The monoisotopic (exact) mass is 544 g/mol. The number of carboxylic acid groups (broad SMARTS) is 1. The molecule has 9 nitrogen and oxygen atoms in total. The fourth-order valence-corrected chi connectivity index (χ4v) is 5.06. The van der Waals surface area contributed by atoms with E-state index in [1.807, 2.05) is 32.9 Å². The Kier molecular flexibility index (Phi) is 8.94. The highest BCUT2D eigenvalue weighted by Crippen LogP contribution is 2.45. The van der Waals surface area contributed by atoms with Crippen LogP contribution >= 0.6 is 11.6 Å². The SMILES string of the molecule is COc1ccccc1C1(N[C@@H](CCCCN(C(=O)O)C(C)(C)C)C(=O)N(C)C)C(=O)Nc2ccc(Cl)cc21. The van der Waals surface area contributed by atoms with Crippen molar-refractivity contribution in [3.8, 4) is 5.75 Å². The summed E-state index contributed by atoms with van der Waals surface area (Å²) in [7, 11) is 4.86. The number of ether oxygens (including phenoxy) is 1. The number of amides is 3. The van der Waals surface area contributed by atoms with Crippen LogP contribution in [0.5, 0.6) is 5.75 Å². The third-order valence-corrected chi connectivity index (χ3v) is 7.02. The molecule has 2 aromatic rings. The molecule has 0 aliphatic carbocycles. The summed E-state index contributed by atoms with van der Waals surface area (Å²) in [6.45, 7) is 5.87. The van der Waals surface area contributed by atoms with Crippen LogP contribution < -0.4 is 15.4 Å². The second-order valence-corrected chi connectivity index (χ2v) is 11.1. The van der Waals surface area contributed by atoms with Gasteiger partial charge in [0.05, 0.1) is 13.2 Å². The second-order valence-electron chi connectivity index (χ2n) is 10.6. The Morgan fingerprint density at radius 3 is 2.42 bits per heavy atom. The Morgan fingerprint density at radius 2 is 1.82 bits per heavy atom. The highest BCUT2D eigenvalue weighted by molar-refractivity contribution is 6.31. The van der Waals surface area contributed by atoms with Crippen molar-refractivity contribution in [3.63, 3.8) is 0 Å². The van der Waals surface area contributed by atoms with Crippen LogP contribution in [0.25, 0.3) is 0 Å². The van der Waals surface area contributed by atoms with Crippen LogP contribution in [-0.2, 0) is 15.1 Å². The number of benzene rings is 2. The van der Waals surface area contributed by atoms with E-state index >= 15 is 0 Å². The molecule has 2 atom stereocenters. The van der Waals surface area contributed by atoms with Crippen molar-refractivity contribution in [1.29, 1.82) is 0 Å². The molecule has 3 amide bonds. The molecule has 1 aliphatic heterocycles. The van der Waals surface area contributed by atoms with Crippen molar-refractivity contribution in [2.75, 3.05) is 33.1 Å². The summed E-state index contributed by atoms with van der Waals surface area (Å²) in [6, 6.07) is 11.6. The van der Waals surface area contributed by atoms with Gasteiger partial charge in [-0.05, 0) is 64.3 Å². The van der Waals surface area contributed by atoms with Gasteiger partial charge in [-0.25, -0.2) is 4.79 Å². The smallest absolute Gasteiger partial charge is 0.407 e. The minimum Gasteiger partial charge on any atom is -0.496 e. The number of para-hydroxylation sites is 1. The molecule has 0 spiro atoms. The standard InChI is InChI=1S/C28H37ClN4O5/c1-27(2,3)33(26(36)37)16-10-9-12-22(24(34)32(4)5)31-28(19-11-7-8-13-23(19)38-6)20-17-18(29)14-15-21(20)30-25(28)35/h7-8,11,13-15,17,22,31H,9-10,12,16H2,1-6H3,(H,30,35)(H,36,37)/t22-,28?/m0/s1. The molecule has 0 bridgehead atoms. The largest absolute Gasteiger partial charge is 0.496 e. The topological polar surface area (TPSA) is 111 Å². The van der Waals surface area contributed by atoms with Crippen LogP contribution in [0.3, 0.4) is 0 Å². The maximum Gasteiger partial charge on any atom is 0.407 e. The van der Waals surface area contributed by atoms with E-state index in [0.29, 0.717) is 53.4 Å². The number of rotatable bonds is 10.